The Hall–Kier alpha value is -1.36. The highest BCUT2D eigenvalue weighted by molar-refractivity contribution is 9.10. The molecule has 0 saturated heterocycles. The fourth-order valence-electron chi connectivity index (χ4n) is 2.74. The molecule has 3 atom stereocenters. The van der Waals surface area contributed by atoms with Crippen LogP contribution in [0.5, 0.6) is 0 Å². The number of aliphatic carboxylic acids is 1. The molecule has 0 fully saturated rings. The number of carboxylic acids is 1. The summed E-state index contributed by atoms with van der Waals surface area (Å²) in [5, 5.41) is 12.0. The van der Waals surface area contributed by atoms with Crippen LogP contribution < -0.4 is 5.32 Å². The third kappa shape index (κ3) is 2.98. The van der Waals surface area contributed by atoms with Gasteiger partial charge in [-0.15, -0.1) is 0 Å². The predicted octanol–water partition coefficient (Wildman–Crippen LogP) is 2.84. The maximum absolute atomic E-state index is 12.6. The largest absolute Gasteiger partial charge is 0.480 e. The monoisotopic (exact) mass is 353 g/mol. The molecule has 0 radical (unpaired) electrons. The molecule has 0 saturated carbocycles. The SMILES string of the molecule is CC[C@H](C)[C@H](NC(=O)C1(Br)CCc2ccccc21)C(=O)O. The van der Waals surface area contributed by atoms with Crippen LogP contribution >= 0.6 is 15.9 Å². The van der Waals surface area contributed by atoms with Crippen molar-refractivity contribution in [2.24, 2.45) is 5.92 Å². The molecule has 5 heteroatoms. The summed E-state index contributed by atoms with van der Waals surface area (Å²) in [5.74, 6) is -1.36. The van der Waals surface area contributed by atoms with Crippen molar-refractivity contribution in [3.63, 3.8) is 0 Å². The number of fused-ring (bicyclic) bond motifs is 1. The van der Waals surface area contributed by atoms with E-state index < -0.39 is 16.3 Å². The molecule has 0 bridgehead atoms. The van der Waals surface area contributed by atoms with Gasteiger partial charge in [0.2, 0.25) is 5.91 Å². The van der Waals surface area contributed by atoms with Crippen LogP contribution in [-0.2, 0) is 20.3 Å². The highest BCUT2D eigenvalue weighted by Crippen LogP contribution is 2.44. The summed E-state index contributed by atoms with van der Waals surface area (Å²) in [6.07, 6.45) is 2.16. The molecule has 21 heavy (non-hydrogen) atoms. The molecular weight excluding hydrogens is 334 g/mol. The van der Waals surface area contributed by atoms with E-state index in [2.05, 4.69) is 21.2 Å². The number of aryl methyl sites for hydroxylation is 1. The van der Waals surface area contributed by atoms with Gasteiger partial charge in [0.05, 0.1) is 0 Å². The average Bonchev–Trinajstić information content (AvgIpc) is 2.82. The van der Waals surface area contributed by atoms with E-state index in [0.717, 1.165) is 17.5 Å². The Kier molecular flexibility index (Phi) is 4.71. The summed E-state index contributed by atoms with van der Waals surface area (Å²) in [4.78, 5) is 24.0. The number of rotatable bonds is 5. The number of carbonyl (C=O) groups excluding carboxylic acids is 1. The molecular formula is C16H20BrNO3. The lowest BCUT2D eigenvalue weighted by atomic mass is 9.96. The van der Waals surface area contributed by atoms with Gasteiger partial charge in [0.15, 0.2) is 0 Å². The van der Waals surface area contributed by atoms with E-state index in [1.807, 2.05) is 38.1 Å². The fourth-order valence-corrected chi connectivity index (χ4v) is 3.44. The minimum Gasteiger partial charge on any atom is -0.480 e. The topological polar surface area (TPSA) is 66.4 Å². The van der Waals surface area contributed by atoms with E-state index in [1.54, 1.807) is 0 Å². The van der Waals surface area contributed by atoms with Crippen molar-refractivity contribution in [1.29, 1.82) is 0 Å². The van der Waals surface area contributed by atoms with Crippen molar-refractivity contribution in [3.05, 3.63) is 35.4 Å². The first kappa shape index (κ1) is 16.0. The maximum Gasteiger partial charge on any atom is 0.326 e. The number of hydrogen-bond donors (Lipinski definition) is 2. The van der Waals surface area contributed by atoms with E-state index in [9.17, 15) is 14.7 Å². The van der Waals surface area contributed by atoms with Crippen molar-refractivity contribution in [2.75, 3.05) is 0 Å². The van der Waals surface area contributed by atoms with E-state index in [0.29, 0.717) is 12.8 Å². The predicted molar refractivity (Wildman–Crippen MR) is 84.4 cm³/mol. The Bertz CT molecular complexity index is 560. The van der Waals surface area contributed by atoms with E-state index in [1.165, 1.54) is 0 Å². The van der Waals surface area contributed by atoms with Crippen molar-refractivity contribution in [2.45, 2.75) is 43.5 Å². The van der Waals surface area contributed by atoms with Gasteiger partial charge in [0.1, 0.15) is 10.4 Å². The maximum atomic E-state index is 12.6. The van der Waals surface area contributed by atoms with Crippen LogP contribution in [0, 0.1) is 5.92 Å². The Morgan fingerprint density at radius 3 is 2.71 bits per heavy atom. The molecule has 1 aromatic rings. The molecule has 1 aromatic carbocycles. The molecule has 0 aliphatic heterocycles. The Labute approximate surface area is 133 Å². The van der Waals surface area contributed by atoms with Gasteiger partial charge < -0.3 is 10.4 Å². The van der Waals surface area contributed by atoms with Crippen LogP contribution in [0.25, 0.3) is 0 Å². The lowest BCUT2D eigenvalue weighted by Gasteiger charge is -2.27. The summed E-state index contributed by atoms with van der Waals surface area (Å²) < 4.78 is -0.815. The summed E-state index contributed by atoms with van der Waals surface area (Å²) >= 11 is 3.55. The smallest absolute Gasteiger partial charge is 0.326 e. The minimum absolute atomic E-state index is 0.112. The molecule has 114 valence electrons. The van der Waals surface area contributed by atoms with Crippen molar-refractivity contribution >= 4 is 27.8 Å². The first-order valence-corrected chi connectivity index (χ1v) is 8.00. The van der Waals surface area contributed by atoms with Crippen LogP contribution in [0.1, 0.15) is 37.8 Å². The number of amides is 1. The third-order valence-electron chi connectivity index (χ3n) is 4.31. The van der Waals surface area contributed by atoms with Crippen LogP contribution in [-0.4, -0.2) is 23.0 Å². The number of hydrogen-bond acceptors (Lipinski definition) is 2. The summed E-state index contributed by atoms with van der Waals surface area (Å²) in [7, 11) is 0. The number of carbonyl (C=O) groups is 2. The summed E-state index contributed by atoms with van der Waals surface area (Å²) in [6.45, 7) is 3.75. The zero-order chi connectivity index (χ0) is 15.6. The molecule has 2 rings (SSSR count). The van der Waals surface area contributed by atoms with Gasteiger partial charge in [-0.25, -0.2) is 4.79 Å². The zero-order valence-corrected chi connectivity index (χ0v) is 13.8. The summed E-state index contributed by atoms with van der Waals surface area (Å²) in [5.41, 5.74) is 2.08. The van der Waals surface area contributed by atoms with E-state index in [-0.39, 0.29) is 11.8 Å². The zero-order valence-electron chi connectivity index (χ0n) is 12.2. The van der Waals surface area contributed by atoms with Crippen molar-refractivity contribution in [3.8, 4) is 0 Å². The second-order valence-electron chi connectivity index (χ2n) is 5.63. The van der Waals surface area contributed by atoms with E-state index >= 15 is 0 Å². The average molecular weight is 354 g/mol. The highest BCUT2D eigenvalue weighted by Gasteiger charge is 2.44. The minimum atomic E-state index is -0.986. The first-order valence-electron chi connectivity index (χ1n) is 7.21. The first-order chi connectivity index (χ1) is 9.90. The number of carboxylic acid groups (broad SMARTS) is 1. The molecule has 2 N–H and O–H groups in total. The van der Waals surface area contributed by atoms with Crippen LogP contribution in [0.4, 0.5) is 0 Å². The quantitative estimate of drug-likeness (QED) is 0.799. The van der Waals surface area contributed by atoms with Crippen LogP contribution in [0.2, 0.25) is 0 Å². The number of nitrogens with one attached hydrogen (secondary N) is 1. The lowest BCUT2D eigenvalue weighted by Crippen LogP contribution is -2.50. The molecule has 1 aliphatic rings. The van der Waals surface area contributed by atoms with Crippen LogP contribution in [0.3, 0.4) is 0 Å². The van der Waals surface area contributed by atoms with Gasteiger partial charge in [0, 0.05) is 0 Å². The van der Waals surface area contributed by atoms with Crippen LogP contribution in [0.15, 0.2) is 24.3 Å². The molecule has 4 nitrogen and oxygen atoms in total. The lowest BCUT2D eigenvalue weighted by molar-refractivity contribution is -0.143. The van der Waals surface area contributed by atoms with Crippen molar-refractivity contribution < 1.29 is 14.7 Å². The van der Waals surface area contributed by atoms with Gasteiger partial charge in [-0.1, -0.05) is 60.5 Å². The fraction of sp³-hybridized carbons (Fsp3) is 0.500. The third-order valence-corrected chi connectivity index (χ3v) is 5.49. The van der Waals surface area contributed by atoms with E-state index in [4.69, 9.17) is 0 Å². The normalized spacial score (nSPS) is 23.2. The number of alkyl halides is 1. The molecule has 1 unspecified atom stereocenters. The number of halogens is 1. The van der Waals surface area contributed by atoms with Gasteiger partial charge >= 0.3 is 5.97 Å². The molecule has 0 spiro atoms. The Morgan fingerprint density at radius 2 is 2.10 bits per heavy atom. The van der Waals surface area contributed by atoms with Gasteiger partial charge in [-0.2, -0.15) is 0 Å². The molecule has 0 heterocycles. The molecule has 1 aliphatic carbocycles. The summed E-state index contributed by atoms with van der Waals surface area (Å²) in [6, 6.07) is 6.93. The Balaban J connectivity index is 2.22. The molecule has 1 amide bonds. The second kappa shape index (κ2) is 6.18. The van der Waals surface area contributed by atoms with Crippen molar-refractivity contribution in [1.82, 2.24) is 5.32 Å². The molecule has 0 aromatic heterocycles. The second-order valence-corrected chi connectivity index (χ2v) is 6.99. The number of benzene rings is 1. The van der Waals surface area contributed by atoms with Gasteiger partial charge in [0.25, 0.3) is 0 Å². The highest BCUT2D eigenvalue weighted by atomic mass is 79.9. The van der Waals surface area contributed by atoms with Gasteiger partial charge in [-0.3, -0.25) is 4.79 Å². The standard InChI is InChI=1S/C16H20BrNO3/c1-3-10(2)13(14(19)20)18-15(21)16(17)9-8-11-6-4-5-7-12(11)16/h4-7,10,13H,3,8-9H2,1-2H3,(H,18,21)(H,19,20)/t10-,13-,16?/m0/s1. The van der Waals surface area contributed by atoms with Gasteiger partial charge in [-0.05, 0) is 29.9 Å². The Morgan fingerprint density at radius 1 is 1.43 bits per heavy atom.